The van der Waals surface area contributed by atoms with Gasteiger partial charge in [0.2, 0.25) is 11.8 Å². The number of piperidine rings is 1. The van der Waals surface area contributed by atoms with E-state index in [1.165, 1.54) is 35.2 Å². The van der Waals surface area contributed by atoms with Crippen LogP contribution in [0.2, 0.25) is 0 Å². The number of fused-ring (bicyclic) bond motifs is 1. The van der Waals surface area contributed by atoms with Crippen molar-refractivity contribution in [2.24, 2.45) is 5.92 Å². The fourth-order valence-corrected chi connectivity index (χ4v) is 4.95. The molecule has 2 heterocycles. The van der Waals surface area contributed by atoms with Crippen LogP contribution in [0.3, 0.4) is 0 Å². The van der Waals surface area contributed by atoms with Gasteiger partial charge in [-0.05, 0) is 61.1 Å². The van der Waals surface area contributed by atoms with Crippen molar-refractivity contribution in [1.29, 1.82) is 0 Å². The molecule has 1 saturated carbocycles. The smallest absolute Gasteiger partial charge is 0.255 e. The lowest BCUT2D eigenvalue weighted by atomic mass is 9.76. The highest BCUT2D eigenvalue weighted by Gasteiger charge is 2.39. The highest BCUT2D eigenvalue weighted by molar-refractivity contribution is 6.06. The third kappa shape index (κ3) is 3.85. The lowest BCUT2D eigenvalue weighted by molar-refractivity contribution is -0.136. The zero-order valence-corrected chi connectivity index (χ0v) is 18.3. The van der Waals surface area contributed by atoms with Gasteiger partial charge in [0.15, 0.2) is 0 Å². The summed E-state index contributed by atoms with van der Waals surface area (Å²) in [4.78, 5) is 51.0. The fourth-order valence-electron chi connectivity index (χ4n) is 4.95. The van der Waals surface area contributed by atoms with Crippen molar-refractivity contribution >= 4 is 23.6 Å². The lowest BCUT2D eigenvalue weighted by Gasteiger charge is -2.35. The number of nitrogens with zero attached hydrogens (tertiary/aromatic N) is 1. The van der Waals surface area contributed by atoms with Crippen LogP contribution in [0.5, 0.6) is 0 Å². The van der Waals surface area contributed by atoms with Gasteiger partial charge in [-0.3, -0.25) is 24.5 Å². The second-order valence-corrected chi connectivity index (χ2v) is 9.05. The van der Waals surface area contributed by atoms with Crippen LogP contribution in [0.15, 0.2) is 36.4 Å². The molecule has 5 rings (SSSR count). The minimum absolute atomic E-state index is 0.0608. The number of amides is 4. The Morgan fingerprint density at radius 2 is 1.79 bits per heavy atom. The average Bonchev–Trinajstić information content (AvgIpc) is 3.08. The number of hydrogen-bond donors (Lipinski definition) is 2. The van der Waals surface area contributed by atoms with Gasteiger partial charge in [-0.15, -0.1) is 0 Å². The molecule has 1 saturated heterocycles. The molecule has 3 aliphatic rings. The zero-order chi connectivity index (χ0) is 24.0. The lowest BCUT2D eigenvalue weighted by Crippen LogP contribution is -2.52. The number of nitrogens with one attached hydrogen (secondary N) is 2. The highest BCUT2D eigenvalue weighted by Crippen LogP contribution is 2.39. The Kier molecular flexibility index (Phi) is 5.63. The molecule has 2 aromatic carbocycles. The molecule has 2 unspecified atom stereocenters. The first-order valence-electron chi connectivity index (χ1n) is 11.4. The number of imide groups is 1. The topological polar surface area (TPSA) is 95.6 Å². The van der Waals surface area contributed by atoms with Crippen LogP contribution in [0.1, 0.15) is 70.0 Å². The van der Waals surface area contributed by atoms with E-state index >= 15 is 0 Å². The summed E-state index contributed by atoms with van der Waals surface area (Å²) in [5, 5.41) is 5.06. The molecule has 2 N–H and O–H groups in total. The normalized spacial score (nSPS) is 21.1. The van der Waals surface area contributed by atoms with Gasteiger partial charge in [0.25, 0.3) is 11.8 Å². The Morgan fingerprint density at radius 1 is 1.06 bits per heavy atom. The molecular formula is C25H23F2N3O4. The molecule has 0 aromatic heterocycles. The maximum Gasteiger partial charge on any atom is 0.255 e. The van der Waals surface area contributed by atoms with Crippen LogP contribution in [-0.2, 0) is 16.1 Å². The SMILES string of the molecule is O=C1CCC(N2Cc3cc(C(=O)NC(c4c(F)cccc4F)C4CCC4)ccc3C2=O)C(=O)N1. The van der Waals surface area contributed by atoms with Crippen LogP contribution in [0.4, 0.5) is 8.78 Å². The average molecular weight is 467 g/mol. The van der Waals surface area contributed by atoms with Gasteiger partial charge >= 0.3 is 0 Å². The van der Waals surface area contributed by atoms with Crippen molar-refractivity contribution in [3.63, 3.8) is 0 Å². The van der Waals surface area contributed by atoms with Gasteiger partial charge in [-0.25, -0.2) is 8.78 Å². The van der Waals surface area contributed by atoms with Crippen LogP contribution in [0, 0.1) is 17.6 Å². The number of benzene rings is 2. The number of rotatable bonds is 5. The molecule has 2 fully saturated rings. The first-order valence-corrected chi connectivity index (χ1v) is 11.4. The van der Waals surface area contributed by atoms with Crippen molar-refractivity contribution in [2.45, 2.75) is 50.7 Å². The Bertz CT molecular complexity index is 1190. The molecular weight excluding hydrogens is 444 g/mol. The predicted molar refractivity (Wildman–Crippen MR) is 116 cm³/mol. The summed E-state index contributed by atoms with van der Waals surface area (Å²) < 4.78 is 29.0. The van der Waals surface area contributed by atoms with E-state index in [0.29, 0.717) is 11.1 Å². The van der Waals surface area contributed by atoms with Crippen LogP contribution in [-0.4, -0.2) is 34.6 Å². The van der Waals surface area contributed by atoms with Crippen molar-refractivity contribution in [3.05, 3.63) is 70.3 Å². The molecule has 1 aliphatic carbocycles. The predicted octanol–water partition coefficient (Wildman–Crippen LogP) is 3.00. The van der Waals surface area contributed by atoms with Gasteiger partial charge in [0.05, 0.1) is 6.04 Å². The summed E-state index contributed by atoms with van der Waals surface area (Å²) >= 11 is 0. The third-order valence-corrected chi connectivity index (χ3v) is 7.00. The summed E-state index contributed by atoms with van der Waals surface area (Å²) in [6.07, 6.45) is 2.86. The van der Waals surface area contributed by atoms with E-state index in [1.807, 2.05) is 0 Å². The molecule has 0 bridgehead atoms. The van der Waals surface area contributed by atoms with Gasteiger partial charge in [0, 0.05) is 29.7 Å². The quantitative estimate of drug-likeness (QED) is 0.661. The van der Waals surface area contributed by atoms with Gasteiger partial charge in [-0.2, -0.15) is 0 Å². The Labute approximate surface area is 194 Å². The Morgan fingerprint density at radius 3 is 2.44 bits per heavy atom. The summed E-state index contributed by atoms with van der Waals surface area (Å²) in [6.45, 7) is 0.134. The van der Waals surface area contributed by atoms with Crippen molar-refractivity contribution in [1.82, 2.24) is 15.5 Å². The molecule has 4 amide bonds. The fraction of sp³-hybridized carbons (Fsp3) is 0.360. The Balaban J connectivity index is 1.37. The summed E-state index contributed by atoms with van der Waals surface area (Å²) in [7, 11) is 0. The number of carbonyl (C=O) groups excluding carboxylic acids is 4. The number of halogens is 2. The minimum atomic E-state index is -0.794. The van der Waals surface area contributed by atoms with E-state index in [4.69, 9.17) is 0 Å². The second kappa shape index (κ2) is 8.62. The van der Waals surface area contributed by atoms with Crippen LogP contribution < -0.4 is 10.6 Å². The van der Waals surface area contributed by atoms with E-state index in [2.05, 4.69) is 10.6 Å². The summed E-state index contributed by atoms with van der Waals surface area (Å²) in [5.74, 6) is -3.16. The van der Waals surface area contributed by atoms with E-state index in [-0.39, 0.29) is 48.2 Å². The molecule has 2 aromatic rings. The zero-order valence-electron chi connectivity index (χ0n) is 18.3. The van der Waals surface area contributed by atoms with Crippen molar-refractivity contribution in [2.75, 3.05) is 0 Å². The molecule has 0 spiro atoms. The molecule has 2 atom stereocenters. The van der Waals surface area contributed by atoms with E-state index in [9.17, 15) is 28.0 Å². The standard InChI is InChI=1S/C25H23F2N3O4/c26-17-5-2-6-18(27)21(17)22(13-3-1-4-13)29-23(32)14-7-8-16-15(11-14)12-30(25(16)34)19-9-10-20(31)28-24(19)33/h2,5-8,11,13,19,22H,1,3-4,9-10,12H2,(H,29,32)(H,28,31,33). The molecule has 2 aliphatic heterocycles. The van der Waals surface area contributed by atoms with Gasteiger partial charge in [0.1, 0.15) is 17.7 Å². The highest BCUT2D eigenvalue weighted by atomic mass is 19.1. The first-order chi connectivity index (χ1) is 16.3. The van der Waals surface area contributed by atoms with Gasteiger partial charge < -0.3 is 10.2 Å². The number of hydrogen-bond acceptors (Lipinski definition) is 4. The van der Waals surface area contributed by atoms with E-state index in [1.54, 1.807) is 6.07 Å². The molecule has 34 heavy (non-hydrogen) atoms. The van der Waals surface area contributed by atoms with E-state index in [0.717, 1.165) is 19.3 Å². The Hall–Kier alpha value is -3.62. The molecule has 0 radical (unpaired) electrons. The first kappa shape index (κ1) is 22.2. The largest absolute Gasteiger partial charge is 0.345 e. The van der Waals surface area contributed by atoms with Crippen LogP contribution >= 0.6 is 0 Å². The summed E-state index contributed by atoms with van der Waals surface area (Å²) in [6, 6.07) is 6.71. The molecule has 9 heteroatoms. The molecule has 7 nitrogen and oxygen atoms in total. The minimum Gasteiger partial charge on any atom is -0.345 e. The third-order valence-electron chi connectivity index (χ3n) is 7.00. The van der Waals surface area contributed by atoms with Gasteiger partial charge in [-0.1, -0.05) is 12.5 Å². The van der Waals surface area contributed by atoms with Crippen molar-refractivity contribution < 1.29 is 28.0 Å². The van der Waals surface area contributed by atoms with Crippen LogP contribution in [0.25, 0.3) is 0 Å². The monoisotopic (exact) mass is 467 g/mol. The second-order valence-electron chi connectivity index (χ2n) is 9.05. The maximum absolute atomic E-state index is 14.5. The number of carbonyl (C=O) groups is 4. The van der Waals surface area contributed by atoms with E-state index < -0.39 is 35.5 Å². The summed E-state index contributed by atoms with van der Waals surface area (Å²) in [5.41, 5.74) is 1.09. The molecule has 176 valence electrons. The maximum atomic E-state index is 14.5. The van der Waals surface area contributed by atoms with Crippen molar-refractivity contribution in [3.8, 4) is 0 Å².